The number of carbonyl (C=O) groups excluding carboxylic acids is 2. The number of aryl methyl sites for hydroxylation is 1. The highest BCUT2D eigenvalue weighted by molar-refractivity contribution is 6.34. The van der Waals surface area contributed by atoms with Gasteiger partial charge >= 0.3 is 6.03 Å². The number of hydrogen-bond donors (Lipinski definition) is 4. The van der Waals surface area contributed by atoms with Crippen molar-refractivity contribution in [3.63, 3.8) is 0 Å². The number of nitrogen functional groups attached to an aromatic ring is 1. The van der Waals surface area contributed by atoms with Gasteiger partial charge in [-0.25, -0.2) is 19.3 Å². The van der Waals surface area contributed by atoms with Crippen LogP contribution in [0.5, 0.6) is 0 Å². The molecule has 34 heavy (non-hydrogen) atoms. The molecule has 3 amide bonds. The fraction of sp³-hybridized carbons (Fsp3) is 0.174. The number of nitrogens with two attached hydrogens (primary N) is 1. The molecule has 4 aromatic rings. The number of amides is 3. The summed E-state index contributed by atoms with van der Waals surface area (Å²) in [5, 5.41) is 12.9. The molecule has 3 aromatic heterocycles. The summed E-state index contributed by atoms with van der Waals surface area (Å²) in [5.41, 5.74) is 9.44. The van der Waals surface area contributed by atoms with Gasteiger partial charge in [-0.1, -0.05) is 23.7 Å². The highest BCUT2D eigenvalue weighted by Gasteiger charge is 2.28. The number of pyridine rings is 1. The Morgan fingerprint density at radius 3 is 2.74 bits per heavy atom. The van der Waals surface area contributed by atoms with Crippen LogP contribution < -0.4 is 21.7 Å². The number of carbonyl (C=O) groups is 2. The lowest BCUT2D eigenvalue weighted by Gasteiger charge is -2.11. The van der Waals surface area contributed by atoms with E-state index in [4.69, 9.17) is 17.3 Å². The molecule has 0 spiro atoms. The second-order valence-electron chi connectivity index (χ2n) is 8.04. The molecule has 1 aliphatic carbocycles. The normalized spacial score (nSPS) is 13.0. The van der Waals surface area contributed by atoms with Crippen LogP contribution in [0.1, 0.15) is 28.9 Å². The number of halogens is 1. The van der Waals surface area contributed by atoms with Crippen LogP contribution in [-0.2, 0) is 0 Å². The van der Waals surface area contributed by atoms with Crippen molar-refractivity contribution in [1.82, 2.24) is 24.9 Å². The molecule has 3 heterocycles. The molecule has 1 aliphatic rings. The first kappa shape index (κ1) is 21.7. The molecule has 10 nitrogen and oxygen atoms in total. The van der Waals surface area contributed by atoms with Crippen molar-refractivity contribution in [1.29, 1.82) is 0 Å². The predicted molar refractivity (Wildman–Crippen MR) is 130 cm³/mol. The van der Waals surface area contributed by atoms with E-state index in [0.717, 1.165) is 18.5 Å². The molecule has 5 N–H and O–H groups in total. The van der Waals surface area contributed by atoms with Crippen LogP contribution >= 0.6 is 11.6 Å². The lowest BCUT2D eigenvalue weighted by molar-refractivity contribution is 0.0951. The molecule has 0 atom stereocenters. The van der Waals surface area contributed by atoms with E-state index in [2.05, 4.69) is 31.0 Å². The van der Waals surface area contributed by atoms with Gasteiger partial charge in [-0.05, 0) is 49.6 Å². The molecule has 172 valence electrons. The summed E-state index contributed by atoms with van der Waals surface area (Å²) in [4.78, 5) is 33.7. The summed E-state index contributed by atoms with van der Waals surface area (Å²) < 4.78 is 1.53. The van der Waals surface area contributed by atoms with E-state index in [9.17, 15) is 9.59 Å². The fourth-order valence-corrected chi connectivity index (χ4v) is 3.87. The van der Waals surface area contributed by atoms with Gasteiger partial charge in [-0.2, -0.15) is 5.10 Å². The summed E-state index contributed by atoms with van der Waals surface area (Å²) in [6.45, 7) is 1.83. The fourth-order valence-electron chi connectivity index (χ4n) is 3.64. The smallest absolute Gasteiger partial charge is 0.324 e. The number of hydrogen-bond acceptors (Lipinski definition) is 6. The van der Waals surface area contributed by atoms with Gasteiger partial charge in [0.2, 0.25) is 0 Å². The monoisotopic (exact) mass is 476 g/mol. The summed E-state index contributed by atoms with van der Waals surface area (Å²) in [6, 6.07) is 10.1. The molecule has 11 heteroatoms. The molecule has 0 aliphatic heterocycles. The minimum atomic E-state index is -0.482. The minimum absolute atomic E-state index is 0.184. The Morgan fingerprint density at radius 2 is 2.00 bits per heavy atom. The number of fused-ring (bicyclic) bond motifs is 1. The molecule has 1 saturated carbocycles. The Bertz CT molecular complexity index is 1430. The lowest BCUT2D eigenvalue weighted by atomic mass is 10.0. The van der Waals surface area contributed by atoms with Crippen molar-refractivity contribution in [3.05, 3.63) is 65.2 Å². The Hall–Kier alpha value is -4.18. The Kier molecular flexibility index (Phi) is 5.50. The van der Waals surface area contributed by atoms with E-state index in [-0.39, 0.29) is 22.8 Å². The van der Waals surface area contributed by atoms with Gasteiger partial charge < -0.3 is 16.4 Å². The van der Waals surface area contributed by atoms with Gasteiger partial charge in [0.15, 0.2) is 5.82 Å². The lowest BCUT2D eigenvalue weighted by Crippen LogP contribution is -2.25. The second-order valence-corrected chi connectivity index (χ2v) is 8.45. The average molecular weight is 477 g/mol. The molecule has 1 fully saturated rings. The summed E-state index contributed by atoms with van der Waals surface area (Å²) in [6.07, 6.45) is 4.88. The third-order valence-electron chi connectivity index (χ3n) is 5.40. The minimum Gasteiger partial charge on any atom is -0.382 e. The zero-order chi connectivity index (χ0) is 23.8. The molecule has 0 bridgehead atoms. The molecule has 5 rings (SSSR count). The SMILES string of the molecule is Cc1cccc(NC(=O)Nc2ccc(-c3c(C(=O)NC4CC4)cn4ncnc(N)c34)cc2Cl)n1. The van der Waals surface area contributed by atoms with Crippen molar-refractivity contribution < 1.29 is 9.59 Å². The van der Waals surface area contributed by atoms with Crippen LogP contribution in [0.4, 0.5) is 22.1 Å². The zero-order valence-electron chi connectivity index (χ0n) is 18.2. The topological polar surface area (TPSA) is 139 Å². The molecule has 1 aromatic carbocycles. The van der Waals surface area contributed by atoms with Gasteiger partial charge in [0, 0.05) is 23.5 Å². The van der Waals surface area contributed by atoms with E-state index in [1.807, 2.05) is 13.0 Å². The quantitative estimate of drug-likeness (QED) is 0.344. The number of anilines is 3. The maximum atomic E-state index is 12.9. The summed E-state index contributed by atoms with van der Waals surface area (Å²) in [5.74, 6) is 0.442. The van der Waals surface area contributed by atoms with Crippen LogP contribution in [0.3, 0.4) is 0 Å². The maximum Gasteiger partial charge on any atom is 0.324 e. The van der Waals surface area contributed by atoms with Crippen molar-refractivity contribution in [3.8, 4) is 11.1 Å². The maximum absolute atomic E-state index is 12.9. The molecule has 0 unspecified atom stereocenters. The van der Waals surface area contributed by atoms with Crippen molar-refractivity contribution in [2.45, 2.75) is 25.8 Å². The number of aromatic nitrogens is 4. The summed E-state index contributed by atoms with van der Waals surface area (Å²) >= 11 is 6.51. The van der Waals surface area contributed by atoms with Gasteiger partial charge in [-0.15, -0.1) is 0 Å². The number of nitrogens with zero attached hydrogens (tertiary/aromatic N) is 4. The van der Waals surface area contributed by atoms with Gasteiger partial charge in [0.25, 0.3) is 5.91 Å². The van der Waals surface area contributed by atoms with E-state index in [1.165, 1.54) is 10.8 Å². The number of benzene rings is 1. The van der Waals surface area contributed by atoms with Crippen LogP contribution in [-0.4, -0.2) is 37.6 Å². The number of nitrogens with one attached hydrogen (secondary N) is 3. The van der Waals surface area contributed by atoms with Crippen LogP contribution in [0.2, 0.25) is 5.02 Å². The Morgan fingerprint density at radius 1 is 1.18 bits per heavy atom. The number of rotatable bonds is 5. The van der Waals surface area contributed by atoms with E-state index in [1.54, 1.807) is 36.5 Å². The van der Waals surface area contributed by atoms with E-state index < -0.39 is 6.03 Å². The number of urea groups is 1. The first-order valence-corrected chi connectivity index (χ1v) is 11.0. The third kappa shape index (κ3) is 4.35. The largest absolute Gasteiger partial charge is 0.382 e. The average Bonchev–Trinajstić information content (AvgIpc) is 3.51. The molecular formula is C23H21ClN8O2. The molecule has 0 radical (unpaired) electrons. The van der Waals surface area contributed by atoms with Crippen molar-refractivity contribution in [2.75, 3.05) is 16.4 Å². The van der Waals surface area contributed by atoms with Crippen molar-refractivity contribution >= 4 is 46.4 Å². The molecular weight excluding hydrogens is 456 g/mol. The van der Waals surface area contributed by atoms with Crippen LogP contribution in [0.15, 0.2) is 48.9 Å². The Labute approximate surface area is 199 Å². The van der Waals surface area contributed by atoms with E-state index >= 15 is 0 Å². The summed E-state index contributed by atoms with van der Waals surface area (Å²) in [7, 11) is 0. The zero-order valence-corrected chi connectivity index (χ0v) is 18.9. The van der Waals surface area contributed by atoms with Gasteiger partial charge in [0.1, 0.15) is 17.7 Å². The second kappa shape index (κ2) is 8.64. The van der Waals surface area contributed by atoms with Gasteiger partial charge in [0.05, 0.1) is 16.3 Å². The highest BCUT2D eigenvalue weighted by Crippen LogP contribution is 2.36. The molecule has 0 saturated heterocycles. The predicted octanol–water partition coefficient (Wildman–Crippen LogP) is 3.87. The van der Waals surface area contributed by atoms with Gasteiger partial charge in [-0.3, -0.25) is 10.1 Å². The standard InChI is InChI=1S/C23H21ClN8O2/c1-12-3-2-4-18(28-12)31-23(34)30-17-8-5-13(9-16(17)24)19-15(22(33)29-14-6-7-14)10-32-20(19)21(25)26-11-27-32/h2-5,8-11,14H,6-7H2,1H3,(H,29,33)(H2,25,26,27)(H2,28,30,31,34). The Balaban J connectivity index is 1.46. The first-order valence-electron chi connectivity index (χ1n) is 10.6. The van der Waals surface area contributed by atoms with Crippen molar-refractivity contribution in [2.24, 2.45) is 0 Å². The third-order valence-corrected chi connectivity index (χ3v) is 5.71. The first-order chi connectivity index (χ1) is 16.4. The highest BCUT2D eigenvalue weighted by atomic mass is 35.5. The van der Waals surface area contributed by atoms with Crippen LogP contribution in [0.25, 0.3) is 16.6 Å². The van der Waals surface area contributed by atoms with E-state index in [0.29, 0.717) is 33.7 Å². The van der Waals surface area contributed by atoms with Crippen LogP contribution in [0, 0.1) is 6.92 Å².